The van der Waals surface area contributed by atoms with Gasteiger partial charge >= 0.3 is 5.97 Å². The molecule has 1 fully saturated rings. The van der Waals surface area contributed by atoms with Gasteiger partial charge < -0.3 is 5.11 Å². The second-order valence-corrected chi connectivity index (χ2v) is 4.53. The Morgan fingerprint density at radius 1 is 1.46 bits per heavy atom. The molecule has 0 aromatic heterocycles. The minimum atomic E-state index is -3.70. The first-order valence-electron chi connectivity index (χ1n) is 3.91. The Balaban J connectivity index is 2.47. The Bertz CT molecular complexity index is 300. The molecular formula is C6H12N2O4S. The molecule has 0 radical (unpaired) electrons. The number of carbonyl (C=O) groups is 1. The van der Waals surface area contributed by atoms with E-state index in [1.54, 1.807) is 0 Å². The summed E-state index contributed by atoms with van der Waals surface area (Å²) < 4.78 is 23.4. The number of aliphatic carboxylic acids is 1. The quantitative estimate of drug-likeness (QED) is 0.554. The fourth-order valence-corrected chi connectivity index (χ4v) is 2.22. The highest BCUT2D eigenvalue weighted by Crippen LogP contribution is 2.25. The van der Waals surface area contributed by atoms with Crippen molar-refractivity contribution in [2.24, 2.45) is 11.1 Å². The third-order valence-electron chi connectivity index (χ3n) is 2.11. The van der Waals surface area contributed by atoms with Crippen molar-refractivity contribution in [3.8, 4) is 0 Å². The maximum Gasteiger partial charge on any atom is 0.306 e. The summed E-state index contributed by atoms with van der Waals surface area (Å²) in [4.78, 5) is 10.5. The summed E-state index contributed by atoms with van der Waals surface area (Å²) in [6.07, 6.45) is 1.36. The summed E-state index contributed by atoms with van der Waals surface area (Å²) in [5.74, 6) is -1.32. The molecule has 0 spiro atoms. The molecule has 7 heteroatoms. The second kappa shape index (κ2) is 3.60. The van der Waals surface area contributed by atoms with Crippen LogP contribution in [-0.4, -0.2) is 25.5 Å². The number of hydrogen-bond acceptors (Lipinski definition) is 3. The summed E-state index contributed by atoms with van der Waals surface area (Å²) in [5.41, 5.74) is 0. The van der Waals surface area contributed by atoms with Crippen LogP contribution < -0.4 is 9.86 Å². The van der Waals surface area contributed by atoms with Crippen LogP contribution in [0.5, 0.6) is 0 Å². The average molecular weight is 208 g/mol. The van der Waals surface area contributed by atoms with Gasteiger partial charge in [-0.25, -0.2) is 5.14 Å². The summed E-state index contributed by atoms with van der Waals surface area (Å²) >= 11 is 0. The van der Waals surface area contributed by atoms with Crippen LogP contribution >= 0.6 is 0 Å². The van der Waals surface area contributed by atoms with Gasteiger partial charge in [0.05, 0.1) is 5.92 Å². The van der Waals surface area contributed by atoms with E-state index >= 15 is 0 Å². The number of carboxylic acid groups (broad SMARTS) is 1. The first kappa shape index (κ1) is 10.4. The van der Waals surface area contributed by atoms with Crippen LogP contribution in [0.4, 0.5) is 0 Å². The molecule has 0 aliphatic heterocycles. The van der Waals surface area contributed by atoms with Gasteiger partial charge in [0.2, 0.25) is 0 Å². The predicted octanol–water partition coefficient (Wildman–Crippen LogP) is -0.967. The van der Waals surface area contributed by atoms with E-state index in [1.165, 1.54) is 0 Å². The van der Waals surface area contributed by atoms with Crippen molar-refractivity contribution < 1.29 is 18.3 Å². The third kappa shape index (κ3) is 3.29. The minimum absolute atomic E-state index is 0.323. The van der Waals surface area contributed by atoms with E-state index in [-0.39, 0.29) is 6.04 Å². The van der Waals surface area contributed by atoms with Gasteiger partial charge in [0, 0.05) is 6.04 Å². The van der Waals surface area contributed by atoms with Crippen LogP contribution in [-0.2, 0) is 15.0 Å². The van der Waals surface area contributed by atoms with E-state index < -0.39 is 22.1 Å². The normalized spacial score (nSPS) is 29.0. The Morgan fingerprint density at radius 2 is 2.08 bits per heavy atom. The van der Waals surface area contributed by atoms with Crippen molar-refractivity contribution in [3.63, 3.8) is 0 Å². The Morgan fingerprint density at radius 3 is 2.46 bits per heavy atom. The van der Waals surface area contributed by atoms with Crippen molar-refractivity contribution in [2.45, 2.75) is 25.3 Å². The van der Waals surface area contributed by atoms with Crippen molar-refractivity contribution >= 4 is 16.2 Å². The molecule has 4 N–H and O–H groups in total. The fraction of sp³-hybridized carbons (Fsp3) is 0.833. The van der Waals surface area contributed by atoms with Gasteiger partial charge in [-0.05, 0) is 19.3 Å². The smallest absolute Gasteiger partial charge is 0.306 e. The van der Waals surface area contributed by atoms with Crippen molar-refractivity contribution in [1.82, 2.24) is 4.72 Å². The number of carboxylic acids is 1. The van der Waals surface area contributed by atoms with E-state index in [2.05, 4.69) is 4.72 Å². The first-order valence-corrected chi connectivity index (χ1v) is 5.46. The average Bonchev–Trinajstić information content (AvgIpc) is 2.31. The third-order valence-corrected chi connectivity index (χ3v) is 2.77. The Kier molecular flexibility index (Phi) is 2.89. The van der Waals surface area contributed by atoms with Gasteiger partial charge in [-0.1, -0.05) is 0 Å². The summed E-state index contributed by atoms with van der Waals surface area (Å²) in [5, 5.41) is 13.4. The zero-order valence-corrected chi connectivity index (χ0v) is 7.75. The second-order valence-electron chi connectivity index (χ2n) is 3.21. The lowest BCUT2D eigenvalue weighted by molar-refractivity contribution is -0.141. The lowest BCUT2D eigenvalue weighted by Gasteiger charge is -2.08. The van der Waals surface area contributed by atoms with Gasteiger partial charge in [-0.2, -0.15) is 13.1 Å². The maximum atomic E-state index is 10.6. The highest BCUT2D eigenvalue weighted by Gasteiger charge is 2.31. The van der Waals surface area contributed by atoms with Crippen molar-refractivity contribution in [2.75, 3.05) is 0 Å². The van der Waals surface area contributed by atoms with Gasteiger partial charge in [0.1, 0.15) is 0 Å². The number of rotatable bonds is 3. The van der Waals surface area contributed by atoms with E-state index in [9.17, 15) is 13.2 Å². The van der Waals surface area contributed by atoms with Crippen LogP contribution in [0.25, 0.3) is 0 Å². The van der Waals surface area contributed by atoms with Gasteiger partial charge in [-0.15, -0.1) is 0 Å². The molecule has 0 bridgehead atoms. The van der Waals surface area contributed by atoms with E-state index in [1.807, 2.05) is 0 Å². The molecule has 13 heavy (non-hydrogen) atoms. The van der Waals surface area contributed by atoms with E-state index in [0.717, 1.165) is 0 Å². The molecule has 0 amide bonds. The monoisotopic (exact) mass is 208 g/mol. The van der Waals surface area contributed by atoms with Crippen LogP contribution in [0, 0.1) is 5.92 Å². The zero-order chi connectivity index (χ0) is 10.1. The lowest BCUT2D eigenvalue weighted by atomic mass is 10.1. The molecule has 1 saturated carbocycles. The topological polar surface area (TPSA) is 109 Å². The van der Waals surface area contributed by atoms with Crippen LogP contribution in [0.1, 0.15) is 19.3 Å². The summed E-state index contributed by atoms with van der Waals surface area (Å²) in [6, 6.07) is -0.323. The van der Waals surface area contributed by atoms with Crippen LogP contribution in [0.15, 0.2) is 0 Å². The molecule has 0 saturated heterocycles. The molecular weight excluding hydrogens is 196 g/mol. The molecule has 1 aliphatic rings. The standard InChI is InChI=1S/C6H12N2O4S/c7-13(11,12)8-5-2-1-4(3-5)6(9)10/h4-5,8H,1-3H2,(H,9,10)(H2,7,11,12)/t4-,5+/m1/s1. The molecule has 76 valence electrons. The van der Waals surface area contributed by atoms with Crippen LogP contribution in [0.3, 0.4) is 0 Å². The highest BCUT2D eigenvalue weighted by molar-refractivity contribution is 7.87. The Labute approximate surface area is 76.3 Å². The number of nitrogens with one attached hydrogen (secondary N) is 1. The van der Waals surface area contributed by atoms with Gasteiger partial charge in [0.15, 0.2) is 0 Å². The summed E-state index contributed by atoms with van der Waals surface area (Å²) in [7, 11) is -3.70. The fourth-order valence-electron chi connectivity index (χ4n) is 1.55. The highest BCUT2D eigenvalue weighted by atomic mass is 32.2. The lowest BCUT2D eigenvalue weighted by Crippen LogP contribution is -2.38. The minimum Gasteiger partial charge on any atom is -0.481 e. The molecule has 1 aliphatic carbocycles. The molecule has 6 nitrogen and oxygen atoms in total. The SMILES string of the molecule is NS(=O)(=O)N[C@H]1CC[C@@H](C(=O)O)C1. The largest absolute Gasteiger partial charge is 0.481 e. The summed E-state index contributed by atoms with van der Waals surface area (Å²) in [6.45, 7) is 0. The molecule has 2 atom stereocenters. The van der Waals surface area contributed by atoms with Gasteiger partial charge in [-0.3, -0.25) is 4.79 Å². The van der Waals surface area contributed by atoms with E-state index in [0.29, 0.717) is 19.3 Å². The number of hydrogen-bond donors (Lipinski definition) is 3. The molecule has 1 rings (SSSR count). The Hall–Kier alpha value is -0.660. The number of nitrogens with two attached hydrogens (primary N) is 1. The van der Waals surface area contributed by atoms with Gasteiger partial charge in [0.25, 0.3) is 10.2 Å². The van der Waals surface area contributed by atoms with E-state index in [4.69, 9.17) is 10.2 Å². The van der Waals surface area contributed by atoms with Crippen molar-refractivity contribution in [3.05, 3.63) is 0 Å². The molecule has 0 heterocycles. The predicted molar refractivity (Wildman–Crippen MR) is 45.0 cm³/mol. The van der Waals surface area contributed by atoms with Crippen LogP contribution in [0.2, 0.25) is 0 Å². The van der Waals surface area contributed by atoms with Crippen molar-refractivity contribution in [1.29, 1.82) is 0 Å². The zero-order valence-electron chi connectivity index (χ0n) is 6.93. The first-order chi connectivity index (χ1) is 5.88. The molecule has 0 aromatic carbocycles. The molecule has 0 aromatic rings. The maximum absolute atomic E-state index is 10.6. The molecule has 0 unspecified atom stereocenters.